The molecule has 0 atom stereocenters. The third kappa shape index (κ3) is 3.44. The van der Waals surface area contributed by atoms with E-state index < -0.39 is 5.91 Å². The molecule has 0 N–H and O–H groups in total. The number of carbonyl (C=O) groups excluding carboxylic acids is 1. The van der Waals surface area contributed by atoms with E-state index in [0.717, 1.165) is 4.90 Å². The van der Waals surface area contributed by atoms with Gasteiger partial charge in [-0.25, -0.2) is 4.68 Å². The summed E-state index contributed by atoms with van der Waals surface area (Å²) in [5.74, 6) is 0.00493. The van der Waals surface area contributed by atoms with Gasteiger partial charge >= 0.3 is 0 Å². The Balaban J connectivity index is 2.09. The molecule has 0 bridgehead atoms. The second kappa shape index (κ2) is 7.56. The SMILES string of the molecule is N#CCN(CC#N)C(=O)c1cc(-c2ccco2)n(-c2cccc(Cl)c2)n1. The maximum absolute atomic E-state index is 12.6. The van der Waals surface area contributed by atoms with Crippen LogP contribution in [0.15, 0.2) is 53.1 Å². The normalized spacial score (nSPS) is 10.1. The molecule has 3 aromatic rings. The predicted octanol–water partition coefficient (Wildman–Crippen LogP) is 3.28. The number of benzene rings is 1. The van der Waals surface area contributed by atoms with Gasteiger partial charge in [0.15, 0.2) is 11.5 Å². The van der Waals surface area contributed by atoms with Crippen LogP contribution >= 0.6 is 11.6 Å². The Labute approximate surface area is 154 Å². The molecule has 0 saturated carbocycles. The number of amides is 1. The molecule has 2 heterocycles. The minimum absolute atomic E-state index is 0.0990. The number of furan rings is 1. The summed E-state index contributed by atoms with van der Waals surface area (Å²) in [6.45, 7) is -0.404. The van der Waals surface area contributed by atoms with Crippen LogP contribution in [0.3, 0.4) is 0 Å². The first-order valence-electron chi connectivity index (χ1n) is 7.57. The van der Waals surface area contributed by atoms with Crippen LogP contribution in [0, 0.1) is 22.7 Å². The van der Waals surface area contributed by atoms with Crippen molar-refractivity contribution in [1.82, 2.24) is 14.7 Å². The molecule has 1 aromatic carbocycles. The average molecular weight is 366 g/mol. The summed E-state index contributed by atoms with van der Waals surface area (Å²) >= 11 is 6.06. The lowest BCUT2D eigenvalue weighted by atomic mass is 10.2. The molecule has 2 aromatic heterocycles. The first kappa shape index (κ1) is 17.3. The van der Waals surface area contributed by atoms with Crippen molar-refractivity contribution in [2.45, 2.75) is 0 Å². The van der Waals surface area contributed by atoms with Gasteiger partial charge in [-0.3, -0.25) is 4.79 Å². The zero-order valence-corrected chi connectivity index (χ0v) is 14.2. The Kier molecular flexibility index (Phi) is 5.02. The summed E-state index contributed by atoms with van der Waals surface area (Å²) in [5, 5.41) is 22.6. The summed E-state index contributed by atoms with van der Waals surface area (Å²) in [4.78, 5) is 13.8. The Morgan fingerprint density at radius 2 is 1.96 bits per heavy atom. The van der Waals surface area contributed by atoms with Gasteiger partial charge in [-0.05, 0) is 30.3 Å². The van der Waals surface area contributed by atoms with E-state index in [1.807, 2.05) is 12.1 Å². The van der Waals surface area contributed by atoms with Crippen molar-refractivity contribution in [3.63, 3.8) is 0 Å². The Bertz CT molecular complexity index is 995. The number of nitrogens with zero attached hydrogens (tertiary/aromatic N) is 5. The fourth-order valence-electron chi connectivity index (χ4n) is 2.42. The van der Waals surface area contributed by atoms with Crippen LogP contribution in [0.25, 0.3) is 17.1 Å². The number of hydrogen-bond donors (Lipinski definition) is 0. The summed E-state index contributed by atoms with van der Waals surface area (Å²) in [6, 6.07) is 15.8. The Hall–Kier alpha value is -3.55. The van der Waals surface area contributed by atoms with Crippen molar-refractivity contribution in [2.24, 2.45) is 0 Å². The number of nitriles is 2. The van der Waals surface area contributed by atoms with Crippen molar-refractivity contribution < 1.29 is 9.21 Å². The lowest BCUT2D eigenvalue weighted by molar-refractivity contribution is 0.0788. The van der Waals surface area contributed by atoms with Crippen LogP contribution in [0.1, 0.15) is 10.5 Å². The van der Waals surface area contributed by atoms with E-state index in [2.05, 4.69) is 5.10 Å². The van der Waals surface area contributed by atoms with Gasteiger partial charge < -0.3 is 9.32 Å². The minimum atomic E-state index is -0.512. The Morgan fingerprint density at radius 1 is 1.19 bits per heavy atom. The van der Waals surface area contributed by atoms with Crippen molar-refractivity contribution in [3.8, 4) is 29.3 Å². The van der Waals surface area contributed by atoms with E-state index in [9.17, 15) is 4.79 Å². The molecular formula is C18H12ClN5O2. The molecule has 128 valence electrons. The topological polar surface area (TPSA) is 98.9 Å². The van der Waals surface area contributed by atoms with E-state index in [-0.39, 0.29) is 18.8 Å². The molecule has 1 amide bonds. The van der Waals surface area contributed by atoms with E-state index in [1.54, 1.807) is 42.5 Å². The maximum atomic E-state index is 12.6. The van der Waals surface area contributed by atoms with E-state index in [4.69, 9.17) is 26.5 Å². The molecule has 0 aliphatic rings. The third-order valence-corrected chi connectivity index (χ3v) is 3.80. The molecule has 0 saturated heterocycles. The molecular weight excluding hydrogens is 354 g/mol. The smallest absolute Gasteiger partial charge is 0.276 e. The molecule has 0 fully saturated rings. The van der Waals surface area contributed by atoms with E-state index >= 15 is 0 Å². The van der Waals surface area contributed by atoms with Gasteiger partial charge in [0.25, 0.3) is 5.91 Å². The third-order valence-electron chi connectivity index (χ3n) is 3.57. The zero-order valence-electron chi connectivity index (χ0n) is 13.5. The average Bonchev–Trinajstić information content (AvgIpc) is 3.30. The van der Waals surface area contributed by atoms with Crippen LogP contribution in [0.5, 0.6) is 0 Å². The molecule has 0 aliphatic carbocycles. The van der Waals surface area contributed by atoms with E-state index in [1.165, 1.54) is 10.9 Å². The quantitative estimate of drug-likeness (QED) is 0.646. The van der Waals surface area contributed by atoms with Crippen LogP contribution in [0.4, 0.5) is 0 Å². The van der Waals surface area contributed by atoms with Crippen LogP contribution in [0.2, 0.25) is 5.02 Å². The lowest BCUT2D eigenvalue weighted by Crippen LogP contribution is -2.32. The standard InChI is InChI=1S/C18H12ClN5O2/c19-13-3-1-4-14(11-13)24-16(17-5-2-10-26-17)12-15(22-24)18(25)23(8-6-20)9-7-21/h1-5,10-12H,8-9H2. The Morgan fingerprint density at radius 3 is 2.58 bits per heavy atom. The van der Waals surface area contributed by atoms with Gasteiger partial charge in [0.2, 0.25) is 0 Å². The van der Waals surface area contributed by atoms with Gasteiger partial charge in [-0.2, -0.15) is 15.6 Å². The lowest BCUT2D eigenvalue weighted by Gasteiger charge is -2.13. The second-order valence-corrected chi connectivity index (χ2v) is 5.70. The van der Waals surface area contributed by atoms with Crippen molar-refractivity contribution in [3.05, 3.63) is 59.4 Å². The summed E-state index contributed by atoms with van der Waals surface area (Å²) in [6.07, 6.45) is 1.52. The highest BCUT2D eigenvalue weighted by atomic mass is 35.5. The van der Waals surface area contributed by atoms with Crippen molar-refractivity contribution in [2.75, 3.05) is 13.1 Å². The van der Waals surface area contributed by atoms with Gasteiger partial charge in [0, 0.05) is 11.1 Å². The van der Waals surface area contributed by atoms with Gasteiger partial charge in [-0.1, -0.05) is 17.7 Å². The first-order chi connectivity index (χ1) is 12.6. The van der Waals surface area contributed by atoms with Crippen molar-refractivity contribution in [1.29, 1.82) is 10.5 Å². The van der Waals surface area contributed by atoms with Gasteiger partial charge in [0.05, 0.1) is 24.1 Å². The van der Waals surface area contributed by atoms with Crippen LogP contribution < -0.4 is 0 Å². The number of hydrogen-bond acceptors (Lipinski definition) is 5. The summed E-state index contributed by atoms with van der Waals surface area (Å²) in [5.41, 5.74) is 1.30. The highest BCUT2D eigenvalue weighted by Crippen LogP contribution is 2.26. The number of rotatable bonds is 5. The van der Waals surface area contributed by atoms with Crippen LogP contribution in [-0.2, 0) is 0 Å². The molecule has 0 unspecified atom stereocenters. The molecule has 8 heteroatoms. The molecule has 7 nitrogen and oxygen atoms in total. The molecule has 0 aliphatic heterocycles. The fourth-order valence-corrected chi connectivity index (χ4v) is 2.61. The largest absolute Gasteiger partial charge is 0.463 e. The predicted molar refractivity (Wildman–Crippen MR) is 93.4 cm³/mol. The van der Waals surface area contributed by atoms with Gasteiger partial charge in [-0.15, -0.1) is 0 Å². The highest BCUT2D eigenvalue weighted by Gasteiger charge is 2.22. The minimum Gasteiger partial charge on any atom is -0.463 e. The number of aromatic nitrogens is 2. The highest BCUT2D eigenvalue weighted by molar-refractivity contribution is 6.30. The summed E-state index contributed by atoms with van der Waals surface area (Å²) in [7, 11) is 0. The molecule has 0 spiro atoms. The molecule has 26 heavy (non-hydrogen) atoms. The van der Waals surface area contributed by atoms with E-state index in [0.29, 0.717) is 22.2 Å². The number of carbonyl (C=O) groups is 1. The monoisotopic (exact) mass is 365 g/mol. The maximum Gasteiger partial charge on any atom is 0.276 e. The van der Waals surface area contributed by atoms with Gasteiger partial charge in [0.1, 0.15) is 18.8 Å². The summed E-state index contributed by atoms with van der Waals surface area (Å²) < 4.78 is 6.97. The molecule has 3 rings (SSSR count). The first-order valence-corrected chi connectivity index (χ1v) is 7.95. The van der Waals surface area contributed by atoms with Crippen LogP contribution in [-0.4, -0.2) is 33.7 Å². The molecule has 0 radical (unpaired) electrons. The van der Waals surface area contributed by atoms with Crippen molar-refractivity contribution >= 4 is 17.5 Å². The number of halogens is 1. The fraction of sp³-hybridized carbons (Fsp3) is 0.111. The zero-order chi connectivity index (χ0) is 18.5. The second-order valence-electron chi connectivity index (χ2n) is 5.26.